The number of H-pyrrole nitrogens is 1. The monoisotopic (exact) mass is 316 g/mol. The van der Waals surface area contributed by atoms with Crippen molar-refractivity contribution in [2.75, 3.05) is 6.61 Å². The van der Waals surface area contributed by atoms with Crippen molar-refractivity contribution in [2.45, 2.75) is 45.3 Å². The Kier molecular flexibility index (Phi) is 6.68. The SMILES string of the molecule is CCC(C)CCC(N)C(O)COc1ccccc1-c1ccc[nH]1. The molecular formula is C19H28N2O2. The second kappa shape index (κ2) is 8.75. The smallest absolute Gasteiger partial charge is 0.128 e. The Morgan fingerprint density at radius 1 is 1.17 bits per heavy atom. The Bertz CT molecular complexity index is 569. The summed E-state index contributed by atoms with van der Waals surface area (Å²) in [6.45, 7) is 4.59. The quantitative estimate of drug-likeness (QED) is 0.662. The van der Waals surface area contributed by atoms with Gasteiger partial charge < -0.3 is 20.6 Å². The molecular weight excluding hydrogens is 288 g/mol. The van der Waals surface area contributed by atoms with Gasteiger partial charge in [-0.3, -0.25) is 0 Å². The molecule has 4 N–H and O–H groups in total. The first-order chi connectivity index (χ1) is 11.1. The van der Waals surface area contributed by atoms with Crippen LogP contribution in [0.3, 0.4) is 0 Å². The third-order valence-electron chi connectivity index (χ3n) is 4.37. The molecule has 2 aromatic rings. The highest BCUT2D eigenvalue weighted by atomic mass is 16.5. The largest absolute Gasteiger partial charge is 0.490 e. The van der Waals surface area contributed by atoms with Gasteiger partial charge in [0.1, 0.15) is 18.5 Å². The molecule has 0 bridgehead atoms. The van der Waals surface area contributed by atoms with Gasteiger partial charge in [0.2, 0.25) is 0 Å². The number of nitrogens with one attached hydrogen (secondary N) is 1. The van der Waals surface area contributed by atoms with Crippen molar-refractivity contribution in [3.05, 3.63) is 42.6 Å². The number of rotatable bonds is 9. The Labute approximate surface area is 138 Å². The molecule has 1 aromatic heterocycles. The fourth-order valence-electron chi connectivity index (χ4n) is 2.49. The molecule has 0 aliphatic rings. The number of hydrogen-bond acceptors (Lipinski definition) is 3. The van der Waals surface area contributed by atoms with Crippen molar-refractivity contribution < 1.29 is 9.84 Å². The van der Waals surface area contributed by atoms with Crippen molar-refractivity contribution in [2.24, 2.45) is 11.7 Å². The second-order valence-corrected chi connectivity index (χ2v) is 6.21. The first-order valence-corrected chi connectivity index (χ1v) is 8.41. The van der Waals surface area contributed by atoms with Gasteiger partial charge in [-0.15, -0.1) is 0 Å². The van der Waals surface area contributed by atoms with Crippen LogP contribution in [0, 0.1) is 5.92 Å². The lowest BCUT2D eigenvalue weighted by atomic mass is 9.97. The summed E-state index contributed by atoms with van der Waals surface area (Å²) in [6, 6.07) is 11.5. The number of aliphatic hydroxyl groups is 1. The van der Waals surface area contributed by atoms with E-state index in [1.165, 1.54) is 0 Å². The summed E-state index contributed by atoms with van der Waals surface area (Å²) in [5, 5.41) is 10.2. The molecule has 0 amide bonds. The predicted molar refractivity (Wildman–Crippen MR) is 94.4 cm³/mol. The van der Waals surface area contributed by atoms with E-state index in [4.69, 9.17) is 10.5 Å². The number of aliphatic hydroxyl groups excluding tert-OH is 1. The number of aromatic nitrogens is 1. The molecule has 0 saturated carbocycles. The van der Waals surface area contributed by atoms with Crippen LogP contribution >= 0.6 is 0 Å². The molecule has 0 spiro atoms. The standard InChI is InChI=1S/C19H28N2O2/c1-3-14(2)10-11-16(20)18(22)13-23-19-9-5-4-7-15(19)17-8-6-12-21-17/h4-9,12,14,16,18,21-22H,3,10-11,13,20H2,1-2H3. The van der Waals surface area contributed by atoms with E-state index in [-0.39, 0.29) is 12.6 Å². The van der Waals surface area contributed by atoms with Crippen LogP contribution in [0.15, 0.2) is 42.6 Å². The lowest BCUT2D eigenvalue weighted by molar-refractivity contribution is 0.0809. The highest BCUT2D eigenvalue weighted by molar-refractivity contribution is 5.67. The summed E-state index contributed by atoms with van der Waals surface area (Å²) >= 11 is 0. The molecule has 126 valence electrons. The van der Waals surface area contributed by atoms with Gasteiger partial charge in [0.25, 0.3) is 0 Å². The van der Waals surface area contributed by atoms with Crippen LogP contribution in [0.4, 0.5) is 0 Å². The highest BCUT2D eigenvalue weighted by Gasteiger charge is 2.17. The van der Waals surface area contributed by atoms with Crippen LogP contribution in [0.1, 0.15) is 33.1 Å². The van der Waals surface area contributed by atoms with E-state index in [9.17, 15) is 5.11 Å². The summed E-state index contributed by atoms with van der Waals surface area (Å²) in [7, 11) is 0. The van der Waals surface area contributed by atoms with Gasteiger partial charge in [0.15, 0.2) is 0 Å². The fourth-order valence-corrected chi connectivity index (χ4v) is 2.49. The maximum Gasteiger partial charge on any atom is 0.128 e. The zero-order valence-corrected chi connectivity index (χ0v) is 14.0. The highest BCUT2D eigenvalue weighted by Crippen LogP contribution is 2.28. The van der Waals surface area contributed by atoms with Crippen molar-refractivity contribution >= 4 is 0 Å². The molecule has 0 saturated heterocycles. The molecule has 1 heterocycles. The molecule has 4 heteroatoms. The molecule has 2 rings (SSSR count). The number of aromatic amines is 1. The third-order valence-corrected chi connectivity index (χ3v) is 4.37. The summed E-state index contributed by atoms with van der Waals surface area (Å²) in [5.41, 5.74) is 8.06. The summed E-state index contributed by atoms with van der Waals surface area (Å²) in [4.78, 5) is 3.18. The van der Waals surface area contributed by atoms with E-state index in [2.05, 4.69) is 18.8 Å². The van der Waals surface area contributed by atoms with Gasteiger partial charge in [0.05, 0.1) is 0 Å². The molecule has 1 aromatic carbocycles. The van der Waals surface area contributed by atoms with Gasteiger partial charge in [0, 0.05) is 23.5 Å². The molecule has 23 heavy (non-hydrogen) atoms. The summed E-state index contributed by atoms with van der Waals surface area (Å²) in [6.07, 6.45) is 4.22. The first-order valence-electron chi connectivity index (χ1n) is 8.41. The number of benzene rings is 1. The summed E-state index contributed by atoms with van der Waals surface area (Å²) in [5.74, 6) is 1.39. The van der Waals surface area contributed by atoms with E-state index < -0.39 is 6.10 Å². The predicted octanol–water partition coefficient (Wildman–Crippen LogP) is 3.58. The lowest BCUT2D eigenvalue weighted by Gasteiger charge is -2.21. The minimum Gasteiger partial charge on any atom is -0.490 e. The van der Waals surface area contributed by atoms with E-state index in [0.29, 0.717) is 5.92 Å². The van der Waals surface area contributed by atoms with Gasteiger partial charge in [-0.25, -0.2) is 0 Å². The van der Waals surface area contributed by atoms with Crippen LogP contribution in [0.2, 0.25) is 0 Å². The summed E-state index contributed by atoms with van der Waals surface area (Å²) < 4.78 is 5.83. The molecule has 3 unspecified atom stereocenters. The minimum atomic E-state index is -0.657. The topological polar surface area (TPSA) is 71.3 Å². The average molecular weight is 316 g/mol. The van der Waals surface area contributed by atoms with Crippen molar-refractivity contribution in [1.29, 1.82) is 0 Å². The van der Waals surface area contributed by atoms with Crippen LogP contribution in [-0.4, -0.2) is 28.8 Å². The van der Waals surface area contributed by atoms with E-state index in [1.807, 2.05) is 42.6 Å². The maximum absolute atomic E-state index is 10.2. The van der Waals surface area contributed by atoms with Crippen LogP contribution in [0.25, 0.3) is 11.3 Å². The average Bonchev–Trinajstić information content (AvgIpc) is 3.11. The first kappa shape index (κ1) is 17.6. The Morgan fingerprint density at radius 2 is 1.96 bits per heavy atom. The maximum atomic E-state index is 10.2. The molecule has 0 aliphatic heterocycles. The van der Waals surface area contributed by atoms with Crippen molar-refractivity contribution in [1.82, 2.24) is 4.98 Å². The Hall–Kier alpha value is -1.78. The third kappa shape index (κ3) is 5.12. The molecule has 0 fully saturated rings. The minimum absolute atomic E-state index is 0.208. The number of para-hydroxylation sites is 1. The number of hydrogen-bond donors (Lipinski definition) is 3. The van der Waals surface area contributed by atoms with Gasteiger partial charge in [-0.05, 0) is 43.0 Å². The van der Waals surface area contributed by atoms with E-state index >= 15 is 0 Å². The normalized spacial score (nSPS) is 15.1. The van der Waals surface area contributed by atoms with Gasteiger partial charge in [-0.1, -0.05) is 32.4 Å². The zero-order chi connectivity index (χ0) is 16.7. The van der Waals surface area contributed by atoms with Gasteiger partial charge >= 0.3 is 0 Å². The van der Waals surface area contributed by atoms with E-state index in [0.717, 1.165) is 36.3 Å². The molecule has 4 nitrogen and oxygen atoms in total. The van der Waals surface area contributed by atoms with Crippen molar-refractivity contribution in [3.63, 3.8) is 0 Å². The Balaban J connectivity index is 1.91. The van der Waals surface area contributed by atoms with Crippen molar-refractivity contribution in [3.8, 4) is 17.0 Å². The number of nitrogens with two attached hydrogens (primary N) is 1. The molecule has 3 atom stereocenters. The van der Waals surface area contributed by atoms with Crippen LogP contribution in [0.5, 0.6) is 5.75 Å². The van der Waals surface area contributed by atoms with Crippen LogP contribution in [-0.2, 0) is 0 Å². The zero-order valence-electron chi connectivity index (χ0n) is 14.0. The number of ether oxygens (including phenoxy) is 1. The Morgan fingerprint density at radius 3 is 2.65 bits per heavy atom. The molecule has 0 radical (unpaired) electrons. The molecule has 0 aliphatic carbocycles. The van der Waals surface area contributed by atoms with E-state index in [1.54, 1.807) is 0 Å². The second-order valence-electron chi connectivity index (χ2n) is 6.21. The fraction of sp³-hybridized carbons (Fsp3) is 0.474. The van der Waals surface area contributed by atoms with Gasteiger partial charge in [-0.2, -0.15) is 0 Å². The lowest BCUT2D eigenvalue weighted by Crippen LogP contribution is -2.39. The van der Waals surface area contributed by atoms with Crippen LogP contribution < -0.4 is 10.5 Å².